The van der Waals surface area contributed by atoms with E-state index in [0.29, 0.717) is 18.0 Å². The molecule has 0 saturated carbocycles. The number of amides is 1. The van der Waals surface area contributed by atoms with E-state index >= 15 is 0 Å². The predicted octanol–water partition coefficient (Wildman–Crippen LogP) is 3.85. The Kier molecular flexibility index (Phi) is 4.48. The van der Waals surface area contributed by atoms with Gasteiger partial charge in [0.05, 0.1) is 11.6 Å². The van der Waals surface area contributed by atoms with Gasteiger partial charge in [-0.3, -0.25) is 0 Å². The zero-order valence-electron chi connectivity index (χ0n) is 14.2. The van der Waals surface area contributed by atoms with Crippen LogP contribution in [-0.4, -0.2) is 33.3 Å². The van der Waals surface area contributed by atoms with E-state index in [2.05, 4.69) is 30.6 Å². The third kappa shape index (κ3) is 2.96. The molecule has 1 aliphatic rings. The van der Waals surface area contributed by atoms with Crippen molar-refractivity contribution in [2.24, 2.45) is 5.92 Å². The fraction of sp³-hybridized carbons (Fsp3) is 0.474. The van der Waals surface area contributed by atoms with Gasteiger partial charge in [-0.05, 0) is 55.7 Å². The molecule has 0 aliphatic carbocycles. The maximum absolute atomic E-state index is 11.4. The Balaban J connectivity index is 1.82. The summed E-state index contributed by atoms with van der Waals surface area (Å²) in [4.78, 5) is 13.0. The number of aromatic nitrogens is 1. The molecule has 1 amide bonds. The molecular formula is C19H23N3O2. The molecule has 2 aromatic rings. The van der Waals surface area contributed by atoms with Gasteiger partial charge in [-0.15, -0.1) is 0 Å². The van der Waals surface area contributed by atoms with Crippen LogP contribution >= 0.6 is 0 Å². The first kappa shape index (κ1) is 16.4. The summed E-state index contributed by atoms with van der Waals surface area (Å²) < 4.78 is 2.24. The first-order valence-corrected chi connectivity index (χ1v) is 8.55. The van der Waals surface area contributed by atoms with Gasteiger partial charge in [0.15, 0.2) is 0 Å². The molecule has 24 heavy (non-hydrogen) atoms. The molecule has 2 heterocycles. The van der Waals surface area contributed by atoms with Crippen molar-refractivity contribution in [1.29, 1.82) is 5.26 Å². The number of hydrogen-bond acceptors (Lipinski definition) is 2. The highest BCUT2D eigenvalue weighted by molar-refractivity contribution is 5.82. The number of carbonyl (C=O) groups is 1. The van der Waals surface area contributed by atoms with Gasteiger partial charge in [-0.25, -0.2) is 4.79 Å². The van der Waals surface area contributed by atoms with Gasteiger partial charge in [0.2, 0.25) is 0 Å². The average Bonchev–Trinajstić information content (AvgIpc) is 3.11. The van der Waals surface area contributed by atoms with Gasteiger partial charge >= 0.3 is 6.09 Å². The average molecular weight is 325 g/mol. The van der Waals surface area contributed by atoms with Crippen molar-refractivity contribution in [1.82, 2.24) is 9.47 Å². The summed E-state index contributed by atoms with van der Waals surface area (Å²) in [5.74, 6) is 0.432. The molecular weight excluding hydrogens is 302 g/mol. The third-order valence-electron chi connectivity index (χ3n) is 5.04. The Bertz CT molecular complexity index is 803. The van der Waals surface area contributed by atoms with Gasteiger partial charge in [0.1, 0.15) is 0 Å². The zero-order chi connectivity index (χ0) is 17.3. The smallest absolute Gasteiger partial charge is 0.407 e. The number of fused-ring (bicyclic) bond motifs is 1. The van der Waals surface area contributed by atoms with E-state index in [-0.39, 0.29) is 6.04 Å². The highest BCUT2D eigenvalue weighted by Gasteiger charge is 2.32. The minimum Gasteiger partial charge on any atom is -0.465 e. The summed E-state index contributed by atoms with van der Waals surface area (Å²) in [6, 6.07) is 10.2. The maximum atomic E-state index is 11.4. The van der Waals surface area contributed by atoms with Crippen molar-refractivity contribution in [3.05, 3.63) is 35.5 Å². The molecule has 1 aromatic carbocycles. The number of benzene rings is 1. The van der Waals surface area contributed by atoms with Crippen LogP contribution in [0.3, 0.4) is 0 Å². The molecule has 2 unspecified atom stereocenters. The van der Waals surface area contributed by atoms with Crippen molar-refractivity contribution >= 4 is 17.0 Å². The van der Waals surface area contributed by atoms with E-state index in [4.69, 9.17) is 5.26 Å². The standard InChI is InChI=1S/C19H23N3O2/c1-3-21-17(10-15-5-4-14(11-20)9-18(15)21)7-6-16-8-13(2)12-22(16)19(23)24/h4-5,9-10,13,16H,3,6-8,12H2,1-2H3,(H,23,24). The van der Waals surface area contributed by atoms with Crippen LogP contribution in [0.25, 0.3) is 10.9 Å². The minimum atomic E-state index is -0.806. The highest BCUT2D eigenvalue weighted by Crippen LogP contribution is 2.28. The van der Waals surface area contributed by atoms with Crippen LogP contribution in [0.1, 0.15) is 37.9 Å². The van der Waals surface area contributed by atoms with Gasteiger partial charge < -0.3 is 14.6 Å². The lowest BCUT2D eigenvalue weighted by atomic mass is 10.0. The lowest BCUT2D eigenvalue weighted by Gasteiger charge is -2.21. The minimum absolute atomic E-state index is 0.107. The number of carboxylic acid groups (broad SMARTS) is 1. The van der Waals surface area contributed by atoms with Crippen molar-refractivity contribution in [2.45, 2.75) is 45.7 Å². The summed E-state index contributed by atoms with van der Waals surface area (Å²) in [6.07, 6.45) is 1.83. The van der Waals surface area contributed by atoms with Gasteiger partial charge in [0, 0.05) is 30.3 Å². The zero-order valence-corrected chi connectivity index (χ0v) is 14.2. The topological polar surface area (TPSA) is 69.3 Å². The predicted molar refractivity (Wildman–Crippen MR) is 92.9 cm³/mol. The van der Waals surface area contributed by atoms with E-state index in [1.807, 2.05) is 18.2 Å². The van der Waals surface area contributed by atoms with Crippen LogP contribution in [0.5, 0.6) is 0 Å². The second-order valence-electron chi connectivity index (χ2n) is 6.73. The molecule has 0 bridgehead atoms. The fourth-order valence-corrected chi connectivity index (χ4v) is 3.94. The van der Waals surface area contributed by atoms with E-state index in [9.17, 15) is 9.90 Å². The Morgan fingerprint density at radius 1 is 1.42 bits per heavy atom. The lowest BCUT2D eigenvalue weighted by Crippen LogP contribution is -2.34. The van der Waals surface area contributed by atoms with E-state index in [1.54, 1.807) is 4.90 Å². The fourth-order valence-electron chi connectivity index (χ4n) is 3.94. The van der Waals surface area contributed by atoms with Crippen LogP contribution in [0.15, 0.2) is 24.3 Å². The van der Waals surface area contributed by atoms with Crippen LogP contribution in [-0.2, 0) is 13.0 Å². The summed E-state index contributed by atoms with van der Waals surface area (Å²) >= 11 is 0. The molecule has 2 atom stereocenters. The van der Waals surface area contributed by atoms with Gasteiger partial charge in [0.25, 0.3) is 0 Å². The van der Waals surface area contributed by atoms with Crippen molar-refractivity contribution in [3.63, 3.8) is 0 Å². The number of hydrogen-bond donors (Lipinski definition) is 1. The summed E-state index contributed by atoms with van der Waals surface area (Å²) in [7, 11) is 0. The largest absolute Gasteiger partial charge is 0.465 e. The molecule has 1 saturated heterocycles. The molecule has 1 N–H and O–H groups in total. The summed E-state index contributed by atoms with van der Waals surface area (Å²) in [6.45, 7) is 5.70. The molecule has 0 spiro atoms. The monoisotopic (exact) mass is 325 g/mol. The molecule has 1 aromatic heterocycles. The summed E-state index contributed by atoms with van der Waals surface area (Å²) in [5.41, 5.74) is 2.97. The van der Waals surface area contributed by atoms with Crippen LogP contribution < -0.4 is 0 Å². The Hall–Kier alpha value is -2.48. The second kappa shape index (κ2) is 6.56. The lowest BCUT2D eigenvalue weighted by molar-refractivity contribution is 0.137. The SMILES string of the molecule is CCn1c(CCC2CC(C)CN2C(=O)O)cc2ccc(C#N)cc21. The van der Waals surface area contributed by atoms with Crippen molar-refractivity contribution in [2.75, 3.05) is 6.54 Å². The molecule has 5 heteroatoms. The summed E-state index contributed by atoms with van der Waals surface area (Å²) in [5, 5.41) is 19.6. The Morgan fingerprint density at radius 3 is 2.88 bits per heavy atom. The molecule has 1 aliphatic heterocycles. The second-order valence-corrected chi connectivity index (χ2v) is 6.73. The first-order chi connectivity index (χ1) is 11.5. The number of likely N-dealkylation sites (tertiary alicyclic amines) is 1. The van der Waals surface area contributed by atoms with Crippen LogP contribution in [0.4, 0.5) is 4.79 Å². The van der Waals surface area contributed by atoms with Gasteiger partial charge in [-0.2, -0.15) is 5.26 Å². The van der Waals surface area contributed by atoms with E-state index in [1.165, 1.54) is 5.69 Å². The van der Waals surface area contributed by atoms with Crippen molar-refractivity contribution < 1.29 is 9.90 Å². The molecule has 5 nitrogen and oxygen atoms in total. The normalized spacial score (nSPS) is 20.5. The number of rotatable bonds is 4. The molecule has 3 rings (SSSR count). The Labute approximate surface area is 142 Å². The van der Waals surface area contributed by atoms with Gasteiger partial charge in [-0.1, -0.05) is 13.0 Å². The maximum Gasteiger partial charge on any atom is 0.407 e. The number of aryl methyl sites for hydroxylation is 2. The molecule has 126 valence electrons. The number of nitriles is 1. The first-order valence-electron chi connectivity index (χ1n) is 8.55. The van der Waals surface area contributed by atoms with E-state index in [0.717, 1.165) is 36.7 Å². The molecule has 1 fully saturated rings. The quantitative estimate of drug-likeness (QED) is 0.928. The van der Waals surface area contributed by atoms with E-state index < -0.39 is 6.09 Å². The highest BCUT2D eigenvalue weighted by atomic mass is 16.4. The van der Waals surface area contributed by atoms with Crippen molar-refractivity contribution in [3.8, 4) is 6.07 Å². The number of nitrogens with zero attached hydrogens (tertiary/aromatic N) is 3. The Morgan fingerprint density at radius 2 is 2.21 bits per heavy atom. The third-order valence-corrected chi connectivity index (χ3v) is 5.04. The van der Waals surface area contributed by atoms with Crippen LogP contribution in [0, 0.1) is 17.2 Å². The van der Waals surface area contributed by atoms with Crippen LogP contribution in [0.2, 0.25) is 0 Å². The molecule has 0 radical (unpaired) electrons.